The fourth-order valence-electron chi connectivity index (χ4n) is 5.40. The molecule has 4 nitrogen and oxygen atoms in total. The molecular weight excluding hydrogens is 531 g/mol. The molecule has 1 aromatic rings. The van der Waals surface area contributed by atoms with Gasteiger partial charge in [-0.15, -0.1) is 6.58 Å². The van der Waals surface area contributed by atoms with Crippen molar-refractivity contribution in [3.05, 3.63) is 57.2 Å². The van der Waals surface area contributed by atoms with Crippen LogP contribution in [-0.4, -0.2) is 20.1 Å². The van der Waals surface area contributed by atoms with Crippen LogP contribution in [0, 0.1) is 5.41 Å². The molecule has 176 valence electrons. The highest BCUT2D eigenvalue weighted by Gasteiger charge is 2.63. The number of ether oxygens (including phenoxy) is 2. The van der Waals surface area contributed by atoms with Gasteiger partial charge < -0.3 is 13.9 Å². The summed E-state index contributed by atoms with van der Waals surface area (Å²) in [5.41, 5.74) is 2.23. The quantitative estimate of drug-likeness (QED) is 0.137. The van der Waals surface area contributed by atoms with Crippen molar-refractivity contribution >= 4 is 37.1 Å². The minimum atomic E-state index is -1.88. The molecule has 3 atom stereocenters. The van der Waals surface area contributed by atoms with E-state index in [2.05, 4.69) is 82.8 Å². The van der Waals surface area contributed by atoms with Crippen molar-refractivity contribution in [1.82, 2.24) is 0 Å². The fraction of sp³-hybridized carbons (Fsp3) is 0.577. The second-order valence-electron chi connectivity index (χ2n) is 9.61. The number of benzene rings is 1. The standard InChI is InChI=1S/C26H37IO4Si/c1-8-21(31-32(9-2,10-3)11-4)19-14-12-13-15-20(19)23-26(30-24(28)29-23)17-16-18(5)22(27)25(26,6)7/h8,12-15,21,23H,1,9-11,16-17H2,2-7H3/t21-,23+,26-/m1/s1. The van der Waals surface area contributed by atoms with Crippen molar-refractivity contribution in [2.45, 2.75) is 90.3 Å². The van der Waals surface area contributed by atoms with E-state index in [1.807, 2.05) is 18.2 Å². The first-order valence-corrected chi connectivity index (χ1v) is 15.4. The van der Waals surface area contributed by atoms with E-state index in [0.29, 0.717) is 0 Å². The maximum atomic E-state index is 12.6. The van der Waals surface area contributed by atoms with E-state index in [4.69, 9.17) is 13.9 Å². The van der Waals surface area contributed by atoms with Crippen LogP contribution < -0.4 is 0 Å². The second kappa shape index (κ2) is 9.62. The lowest BCUT2D eigenvalue weighted by Crippen LogP contribution is -2.51. The molecule has 0 bridgehead atoms. The van der Waals surface area contributed by atoms with Crippen molar-refractivity contribution in [3.63, 3.8) is 0 Å². The number of rotatable bonds is 8. The number of carbonyl (C=O) groups excluding carboxylic acids is 1. The SMILES string of the molecule is C=C[C@@H](O[Si](CC)(CC)CC)c1ccccc1[C@@H]1OC(=O)O[C@]12CCC(C)=C(I)C2(C)C. The van der Waals surface area contributed by atoms with Gasteiger partial charge in [-0.2, -0.15) is 0 Å². The first-order valence-electron chi connectivity index (χ1n) is 11.8. The summed E-state index contributed by atoms with van der Waals surface area (Å²) < 4.78 is 20.1. The maximum absolute atomic E-state index is 12.6. The minimum absolute atomic E-state index is 0.239. The van der Waals surface area contributed by atoms with Crippen LogP contribution in [0.2, 0.25) is 18.1 Å². The van der Waals surface area contributed by atoms with Crippen LogP contribution in [0.15, 0.2) is 46.1 Å². The van der Waals surface area contributed by atoms with Gasteiger partial charge in [0.25, 0.3) is 0 Å². The molecule has 1 aliphatic carbocycles. The first kappa shape index (κ1) is 25.5. The Bertz CT molecular complexity index is 897. The van der Waals surface area contributed by atoms with Gasteiger partial charge >= 0.3 is 6.16 Å². The fourth-order valence-corrected chi connectivity index (χ4v) is 8.89. The van der Waals surface area contributed by atoms with Gasteiger partial charge in [0.2, 0.25) is 0 Å². The first-order chi connectivity index (χ1) is 15.1. The van der Waals surface area contributed by atoms with E-state index in [9.17, 15) is 4.79 Å². The van der Waals surface area contributed by atoms with Crippen LogP contribution >= 0.6 is 22.6 Å². The highest BCUT2D eigenvalue weighted by Crippen LogP contribution is 2.60. The summed E-state index contributed by atoms with van der Waals surface area (Å²) in [6, 6.07) is 11.4. The summed E-state index contributed by atoms with van der Waals surface area (Å²) in [6.45, 7) is 17.3. The van der Waals surface area contributed by atoms with Gasteiger partial charge in [0, 0.05) is 11.0 Å². The lowest BCUT2D eigenvalue weighted by Gasteiger charge is -2.48. The Morgan fingerprint density at radius 1 is 1.25 bits per heavy atom. The summed E-state index contributed by atoms with van der Waals surface area (Å²) in [7, 11) is -1.88. The number of cyclic esters (lactones) is 1. The van der Waals surface area contributed by atoms with Crippen molar-refractivity contribution in [2.24, 2.45) is 5.41 Å². The monoisotopic (exact) mass is 568 g/mol. The maximum Gasteiger partial charge on any atom is 0.509 e. The molecule has 2 aliphatic rings. The summed E-state index contributed by atoms with van der Waals surface area (Å²) >= 11 is 2.42. The Balaban J connectivity index is 2.11. The molecule has 1 aromatic carbocycles. The number of allylic oxidation sites excluding steroid dienone is 1. The molecule has 6 heteroatoms. The molecule has 3 rings (SSSR count). The van der Waals surface area contributed by atoms with Crippen molar-refractivity contribution in [3.8, 4) is 0 Å². The second-order valence-corrected chi connectivity index (χ2v) is 15.4. The molecule has 1 spiro atoms. The van der Waals surface area contributed by atoms with Crippen LogP contribution in [0.5, 0.6) is 0 Å². The predicted molar refractivity (Wildman–Crippen MR) is 140 cm³/mol. The number of carbonyl (C=O) groups is 1. The number of hydrogen-bond donors (Lipinski definition) is 0. The van der Waals surface area contributed by atoms with E-state index in [0.717, 1.165) is 42.1 Å². The van der Waals surface area contributed by atoms with E-state index < -0.39 is 26.2 Å². The zero-order chi connectivity index (χ0) is 23.7. The Labute approximate surface area is 208 Å². The third-order valence-corrected chi connectivity index (χ3v) is 14.8. The molecule has 0 N–H and O–H groups in total. The highest BCUT2D eigenvalue weighted by atomic mass is 127. The molecule has 0 aromatic heterocycles. The Morgan fingerprint density at radius 2 is 1.88 bits per heavy atom. The third kappa shape index (κ3) is 4.11. The third-order valence-electron chi connectivity index (χ3n) is 7.86. The van der Waals surface area contributed by atoms with Gasteiger partial charge in [0.15, 0.2) is 20.0 Å². The van der Waals surface area contributed by atoms with Gasteiger partial charge in [-0.25, -0.2) is 4.79 Å². The molecule has 1 aliphatic heterocycles. The van der Waals surface area contributed by atoms with E-state index >= 15 is 0 Å². The predicted octanol–water partition coefficient (Wildman–Crippen LogP) is 8.41. The Hall–Kier alpha value is -1.12. The molecule has 0 saturated carbocycles. The van der Waals surface area contributed by atoms with Gasteiger partial charge in [-0.1, -0.05) is 70.5 Å². The van der Waals surface area contributed by atoms with Gasteiger partial charge in [-0.05, 0) is 69.6 Å². The van der Waals surface area contributed by atoms with E-state index in [1.54, 1.807) is 0 Å². The zero-order valence-corrected chi connectivity index (χ0v) is 23.5. The molecular formula is C26H37IO4Si. The summed E-state index contributed by atoms with van der Waals surface area (Å²) in [6.07, 6.45) is 2.20. The largest absolute Gasteiger partial charge is 0.509 e. The van der Waals surface area contributed by atoms with Gasteiger partial charge in [0.1, 0.15) is 0 Å². The summed E-state index contributed by atoms with van der Waals surface area (Å²) in [5, 5.41) is 0. The lowest BCUT2D eigenvalue weighted by molar-refractivity contribution is -0.0637. The molecule has 1 saturated heterocycles. The van der Waals surface area contributed by atoms with Crippen LogP contribution in [0.4, 0.5) is 4.79 Å². The summed E-state index contributed by atoms with van der Waals surface area (Å²) in [4.78, 5) is 12.6. The molecule has 0 amide bonds. The average molecular weight is 569 g/mol. The minimum Gasteiger partial charge on any atom is -0.422 e. The Morgan fingerprint density at radius 3 is 2.47 bits per heavy atom. The molecule has 1 heterocycles. The van der Waals surface area contributed by atoms with Crippen molar-refractivity contribution in [2.75, 3.05) is 0 Å². The van der Waals surface area contributed by atoms with Crippen molar-refractivity contribution in [1.29, 1.82) is 0 Å². The molecule has 1 fully saturated rings. The van der Waals surface area contributed by atoms with Gasteiger partial charge in [0.05, 0.1) is 6.10 Å². The number of hydrogen-bond acceptors (Lipinski definition) is 4. The van der Waals surface area contributed by atoms with Crippen LogP contribution in [0.1, 0.15) is 77.7 Å². The highest BCUT2D eigenvalue weighted by molar-refractivity contribution is 14.1. The molecule has 0 unspecified atom stereocenters. The average Bonchev–Trinajstić information content (AvgIpc) is 3.15. The van der Waals surface area contributed by atoms with Crippen LogP contribution in [0.3, 0.4) is 0 Å². The van der Waals surface area contributed by atoms with E-state index in [-0.39, 0.29) is 11.5 Å². The molecule has 32 heavy (non-hydrogen) atoms. The lowest BCUT2D eigenvalue weighted by atomic mass is 9.63. The van der Waals surface area contributed by atoms with Crippen molar-refractivity contribution < 1.29 is 18.7 Å². The zero-order valence-electron chi connectivity index (χ0n) is 20.3. The topological polar surface area (TPSA) is 44.8 Å². The number of halogens is 1. The summed E-state index contributed by atoms with van der Waals surface area (Å²) in [5.74, 6) is 0. The van der Waals surface area contributed by atoms with Crippen LogP contribution in [-0.2, 0) is 13.9 Å². The van der Waals surface area contributed by atoms with Gasteiger partial charge in [-0.3, -0.25) is 0 Å². The van der Waals surface area contributed by atoms with E-state index in [1.165, 1.54) is 9.15 Å². The molecule has 0 radical (unpaired) electrons. The van der Waals surface area contributed by atoms with Crippen LogP contribution in [0.25, 0.3) is 0 Å². The Kier molecular flexibility index (Phi) is 7.67. The normalized spacial score (nSPS) is 26.1. The smallest absolute Gasteiger partial charge is 0.422 e.